The maximum atomic E-state index is 9.84. The molecule has 0 saturated heterocycles. The first-order valence-corrected chi connectivity index (χ1v) is 4.98. The van der Waals surface area contributed by atoms with E-state index in [0.717, 1.165) is 0 Å². The average Bonchev–Trinajstić information content (AvgIpc) is 1.59. The summed E-state index contributed by atoms with van der Waals surface area (Å²) in [6.45, 7) is 0. The van der Waals surface area contributed by atoms with Crippen LogP contribution in [0.2, 0.25) is 0 Å². The zero-order valence-electron chi connectivity index (χ0n) is 4.47. The third kappa shape index (κ3) is 12.4. The Morgan fingerprint density at radius 3 is 2.00 bits per heavy atom. The van der Waals surface area contributed by atoms with E-state index >= 15 is 0 Å². The predicted molar refractivity (Wildman–Crippen MR) is 30.9 cm³/mol. The molecule has 0 aliphatic heterocycles. The van der Waals surface area contributed by atoms with Gasteiger partial charge in [0.25, 0.3) is 0 Å². The molecule has 0 fully saturated rings. The van der Waals surface area contributed by atoms with Gasteiger partial charge in [0.05, 0.1) is 0 Å². The van der Waals surface area contributed by atoms with Crippen LogP contribution >= 0.6 is 23.5 Å². The van der Waals surface area contributed by atoms with Crippen molar-refractivity contribution < 1.29 is 31.4 Å². The minimum absolute atomic E-state index is 0. The van der Waals surface area contributed by atoms with Gasteiger partial charge in [-0.1, -0.05) is 23.5 Å². The number of halogens is 1. The van der Waals surface area contributed by atoms with E-state index in [9.17, 15) is 14.4 Å². The van der Waals surface area contributed by atoms with E-state index in [1.807, 2.05) is 0 Å². The van der Waals surface area contributed by atoms with Crippen molar-refractivity contribution >= 4 is 23.5 Å². The molecule has 0 amide bonds. The zero-order valence-corrected chi connectivity index (χ0v) is 7.89. The molecular formula is C3H6BrCuO3P. The van der Waals surface area contributed by atoms with Gasteiger partial charge in [-0.3, -0.25) is 0 Å². The first-order valence-electron chi connectivity index (χ1n) is 2.13. The van der Waals surface area contributed by atoms with Gasteiger partial charge >= 0.3 is 17.1 Å². The Balaban J connectivity index is 0. The van der Waals surface area contributed by atoms with Gasteiger partial charge in [-0.2, -0.15) is 0 Å². The molecule has 0 spiro atoms. The third-order valence-electron chi connectivity index (χ3n) is 0.566. The van der Waals surface area contributed by atoms with Crippen LogP contribution in [0.4, 0.5) is 0 Å². The molecule has 0 saturated carbocycles. The van der Waals surface area contributed by atoms with E-state index < -0.39 is 7.60 Å². The molecule has 0 aliphatic rings. The molecule has 0 aromatic rings. The molecule has 0 aromatic carbocycles. The Kier molecular flexibility index (Phi) is 8.38. The van der Waals surface area contributed by atoms with Crippen LogP contribution in [0, 0.1) is 0 Å². The van der Waals surface area contributed by atoms with Crippen molar-refractivity contribution in [3.05, 3.63) is 0 Å². The summed E-state index contributed by atoms with van der Waals surface area (Å²) in [6, 6.07) is 0. The monoisotopic (exact) mass is 263 g/mol. The van der Waals surface area contributed by atoms with E-state index in [1.54, 1.807) is 0 Å². The Bertz CT molecular complexity index is 103. The van der Waals surface area contributed by atoms with Gasteiger partial charge in [-0.25, -0.2) is 0 Å². The number of hydrogen-bond acceptors (Lipinski definition) is 3. The Labute approximate surface area is 73.0 Å². The molecular weight excluding hydrogens is 258 g/mol. The average molecular weight is 265 g/mol. The molecule has 0 unspecified atom stereocenters. The summed E-state index contributed by atoms with van der Waals surface area (Å²) in [6.07, 6.45) is 0.169. The summed E-state index contributed by atoms with van der Waals surface area (Å²) in [4.78, 5) is 19.7. The predicted octanol–water partition coefficient (Wildman–Crippen LogP) is -0.317. The summed E-state index contributed by atoms with van der Waals surface area (Å²) < 4.78 is 9.84. The molecule has 9 heavy (non-hydrogen) atoms. The molecule has 0 aromatic heterocycles. The van der Waals surface area contributed by atoms with Crippen LogP contribution in [-0.2, 0) is 21.6 Å². The minimum atomic E-state index is -4.21. The molecule has 1 radical (unpaired) electrons. The number of rotatable bonds is 3. The van der Waals surface area contributed by atoms with Crippen molar-refractivity contribution in [2.24, 2.45) is 0 Å². The summed E-state index contributed by atoms with van der Waals surface area (Å²) in [5.41, 5.74) is 0. The van der Waals surface area contributed by atoms with Crippen LogP contribution in [0.3, 0.4) is 0 Å². The van der Waals surface area contributed by atoms with Gasteiger partial charge in [0.1, 0.15) is 0 Å². The first kappa shape index (κ1) is 12.8. The topological polar surface area (TPSA) is 63.2 Å². The van der Waals surface area contributed by atoms with E-state index in [1.165, 1.54) is 0 Å². The van der Waals surface area contributed by atoms with Crippen LogP contribution in [0.25, 0.3) is 0 Å². The van der Waals surface area contributed by atoms with Crippen molar-refractivity contribution in [1.82, 2.24) is 0 Å². The van der Waals surface area contributed by atoms with Crippen molar-refractivity contribution in [3.63, 3.8) is 0 Å². The second-order valence-electron chi connectivity index (χ2n) is 1.38. The van der Waals surface area contributed by atoms with Gasteiger partial charge in [-0.15, -0.1) is 0 Å². The zero-order chi connectivity index (χ0) is 6.62. The summed E-state index contributed by atoms with van der Waals surface area (Å²) in [5.74, 6) is 0. The van der Waals surface area contributed by atoms with E-state index in [-0.39, 0.29) is 23.2 Å². The third-order valence-corrected chi connectivity index (χ3v) is 1.99. The largest absolute Gasteiger partial charge is 2.00 e. The van der Waals surface area contributed by atoms with Crippen molar-refractivity contribution in [2.45, 2.75) is 6.42 Å². The van der Waals surface area contributed by atoms with E-state index in [0.29, 0.717) is 11.8 Å². The van der Waals surface area contributed by atoms with Crippen molar-refractivity contribution in [3.8, 4) is 0 Å². The minimum Gasteiger partial charge on any atom is -0.811 e. The van der Waals surface area contributed by atoms with Crippen molar-refractivity contribution in [1.29, 1.82) is 0 Å². The van der Waals surface area contributed by atoms with E-state index in [4.69, 9.17) is 0 Å². The second kappa shape index (κ2) is 5.90. The molecule has 0 rings (SSSR count). The van der Waals surface area contributed by atoms with Crippen LogP contribution < -0.4 is 9.79 Å². The Morgan fingerprint density at radius 2 is 1.89 bits per heavy atom. The fraction of sp³-hybridized carbons (Fsp3) is 1.00. The molecule has 0 aliphatic carbocycles. The van der Waals surface area contributed by atoms with E-state index in [2.05, 4.69) is 15.9 Å². The Morgan fingerprint density at radius 1 is 1.44 bits per heavy atom. The molecule has 59 valence electrons. The first-order chi connectivity index (χ1) is 3.56. The molecule has 0 bridgehead atoms. The summed E-state index contributed by atoms with van der Waals surface area (Å²) >= 11 is 3.00. The normalized spacial score (nSPS) is 10.6. The van der Waals surface area contributed by atoms with Gasteiger partial charge in [0.15, 0.2) is 0 Å². The van der Waals surface area contributed by atoms with Crippen LogP contribution in [0.1, 0.15) is 6.42 Å². The Hall–Kier alpha value is 1.15. The summed E-state index contributed by atoms with van der Waals surface area (Å²) in [5, 5.41) is 0.571. The second-order valence-corrected chi connectivity index (χ2v) is 3.84. The maximum Gasteiger partial charge on any atom is 2.00 e. The quantitative estimate of drug-likeness (QED) is 0.399. The number of alkyl halides is 1. The summed E-state index contributed by atoms with van der Waals surface area (Å²) in [7, 11) is -4.21. The molecule has 0 atom stereocenters. The fourth-order valence-electron chi connectivity index (χ4n) is 0.253. The maximum absolute atomic E-state index is 9.84. The molecule has 0 heterocycles. The molecule has 0 N–H and O–H groups in total. The van der Waals surface area contributed by atoms with Crippen molar-refractivity contribution in [2.75, 3.05) is 11.5 Å². The van der Waals surface area contributed by atoms with Crippen LogP contribution in [0.15, 0.2) is 0 Å². The van der Waals surface area contributed by atoms with Crippen LogP contribution in [-0.4, -0.2) is 11.5 Å². The van der Waals surface area contributed by atoms with Gasteiger partial charge in [0.2, 0.25) is 0 Å². The number of hydrogen-bond donors (Lipinski definition) is 0. The van der Waals surface area contributed by atoms with Gasteiger partial charge in [0, 0.05) is 5.33 Å². The fourth-order valence-corrected chi connectivity index (χ4v) is 1.51. The molecule has 6 heteroatoms. The van der Waals surface area contributed by atoms with Crippen LogP contribution in [0.5, 0.6) is 0 Å². The molecule has 3 nitrogen and oxygen atoms in total. The smallest absolute Gasteiger partial charge is 0.811 e. The standard InChI is InChI=1S/C3H8BrO3P.Cu/c4-2-1-3-8(5,6)7;/h1-3H2,(H2,5,6,7);/q;+2/p-2. The van der Waals surface area contributed by atoms with Gasteiger partial charge in [-0.05, 0) is 12.6 Å². The van der Waals surface area contributed by atoms with Gasteiger partial charge < -0.3 is 14.4 Å². The SMILES string of the molecule is O=P([O-])([O-])CCCBr.[Cu+2].